The number of nitrogens with one attached hydrogen (secondary N) is 2. The second kappa shape index (κ2) is 8.09. The van der Waals surface area contributed by atoms with Gasteiger partial charge in [-0.25, -0.2) is 4.39 Å². The smallest absolute Gasteiger partial charge is 0.253 e. The molecule has 0 unspecified atom stereocenters. The molecule has 7 heteroatoms. The number of aromatic nitrogens is 3. The molecule has 4 aromatic rings. The molecule has 1 fully saturated rings. The zero-order valence-electron chi connectivity index (χ0n) is 18.9. The van der Waals surface area contributed by atoms with Crippen molar-refractivity contribution in [2.75, 3.05) is 13.1 Å². The van der Waals surface area contributed by atoms with Crippen molar-refractivity contribution in [1.82, 2.24) is 20.1 Å². The Labute approximate surface area is 196 Å². The standard InChI is InChI=1S/C27H27FN4O2/c28-20-7-4-17(5-8-20)15-27(34)10-12-32(13-11-27)26(33)18-6-9-23-22(14-18)21-3-1-2-19-16-29-31-24(19)25(21)30-23/h4-9,14,16,30,34H,1-3,10-13,15H2,(H,29,31). The minimum atomic E-state index is -0.877. The van der Waals surface area contributed by atoms with E-state index in [-0.39, 0.29) is 11.7 Å². The van der Waals surface area contributed by atoms with Crippen LogP contribution in [0.15, 0.2) is 48.7 Å². The average molecular weight is 459 g/mol. The minimum Gasteiger partial charge on any atom is -0.389 e. The largest absolute Gasteiger partial charge is 0.389 e. The van der Waals surface area contributed by atoms with Gasteiger partial charge in [0.1, 0.15) is 5.82 Å². The number of carbonyl (C=O) groups excluding carboxylic acids is 1. The number of piperidine rings is 1. The summed E-state index contributed by atoms with van der Waals surface area (Å²) in [7, 11) is 0. The number of carbonyl (C=O) groups is 1. The maximum absolute atomic E-state index is 13.3. The first-order chi connectivity index (χ1) is 16.5. The van der Waals surface area contributed by atoms with E-state index in [9.17, 15) is 14.3 Å². The van der Waals surface area contributed by atoms with Gasteiger partial charge in [-0.15, -0.1) is 0 Å². The van der Waals surface area contributed by atoms with Crippen molar-refractivity contribution in [1.29, 1.82) is 0 Å². The van der Waals surface area contributed by atoms with Crippen LogP contribution in [0.25, 0.3) is 22.3 Å². The van der Waals surface area contributed by atoms with E-state index in [1.165, 1.54) is 23.3 Å². The number of nitrogens with zero attached hydrogens (tertiary/aromatic N) is 2. The number of hydrogen-bond acceptors (Lipinski definition) is 3. The van der Waals surface area contributed by atoms with Crippen LogP contribution < -0.4 is 0 Å². The van der Waals surface area contributed by atoms with Gasteiger partial charge in [0.25, 0.3) is 5.91 Å². The first-order valence-electron chi connectivity index (χ1n) is 11.9. The molecule has 0 radical (unpaired) electrons. The van der Waals surface area contributed by atoms with Gasteiger partial charge in [-0.05, 0) is 79.1 Å². The van der Waals surface area contributed by atoms with Gasteiger partial charge >= 0.3 is 0 Å². The van der Waals surface area contributed by atoms with Crippen molar-refractivity contribution in [3.05, 3.63) is 76.7 Å². The highest BCUT2D eigenvalue weighted by atomic mass is 19.1. The highest BCUT2D eigenvalue weighted by molar-refractivity contribution is 6.00. The molecular formula is C27H27FN4O2. The third-order valence-electron chi connectivity index (χ3n) is 7.42. The second-order valence-corrected chi connectivity index (χ2v) is 9.68. The van der Waals surface area contributed by atoms with E-state index in [0.717, 1.165) is 47.1 Å². The van der Waals surface area contributed by atoms with Crippen LogP contribution in [-0.2, 0) is 19.3 Å². The van der Waals surface area contributed by atoms with Crippen molar-refractivity contribution in [2.45, 2.75) is 44.1 Å². The molecule has 1 aliphatic carbocycles. The van der Waals surface area contributed by atoms with E-state index >= 15 is 0 Å². The summed E-state index contributed by atoms with van der Waals surface area (Å²) in [5.74, 6) is -0.283. The average Bonchev–Trinajstić information content (AvgIpc) is 3.41. The summed E-state index contributed by atoms with van der Waals surface area (Å²) in [6, 6.07) is 12.1. The summed E-state index contributed by atoms with van der Waals surface area (Å²) in [4.78, 5) is 18.7. The lowest BCUT2D eigenvalue weighted by molar-refractivity contribution is -0.0162. The number of aryl methyl sites for hydroxylation is 2. The number of benzene rings is 2. The third kappa shape index (κ3) is 3.70. The summed E-state index contributed by atoms with van der Waals surface area (Å²) < 4.78 is 13.2. The van der Waals surface area contributed by atoms with E-state index in [2.05, 4.69) is 15.2 Å². The van der Waals surface area contributed by atoms with Gasteiger partial charge in [0, 0.05) is 36.0 Å². The topological polar surface area (TPSA) is 85.0 Å². The fourth-order valence-corrected chi connectivity index (χ4v) is 5.49. The van der Waals surface area contributed by atoms with Gasteiger partial charge in [-0.1, -0.05) is 12.1 Å². The molecule has 0 bridgehead atoms. The van der Waals surface area contributed by atoms with Gasteiger partial charge in [0.05, 0.1) is 23.2 Å². The lowest BCUT2D eigenvalue weighted by Crippen LogP contribution is -2.47. The molecule has 2 aromatic carbocycles. The highest BCUT2D eigenvalue weighted by Crippen LogP contribution is 2.36. The summed E-state index contributed by atoms with van der Waals surface area (Å²) in [5, 5.41) is 19.5. The first kappa shape index (κ1) is 21.1. The van der Waals surface area contributed by atoms with Gasteiger partial charge in [0.15, 0.2) is 0 Å². The summed E-state index contributed by atoms with van der Waals surface area (Å²) in [5.41, 5.74) is 6.31. The molecule has 1 amide bonds. The van der Waals surface area contributed by atoms with Crippen LogP contribution in [0.1, 0.15) is 46.3 Å². The Balaban J connectivity index is 1.21. The number of halogens is 1. The van der Waals surface area contributed by atoms with E-state index < -0.39 is 5.60 Å². The summed E-state index contributed by atoms with van der Waals surface area (Å²) >= 11 is 0. The van der Waals surface area contributed by atoms with Crippen molar-refractivity contribution in [3.63, 3.8) is 0 Å². The second-order valence-electron chi connectivity index (χ2n) is 9.68. The quantitative estimate of drug-likeness (QED) is 0.426. The maximum atomic E-state index is 13.3. The molecule has 174 valence electrons. The van der Waals surface area contributed by atoms with Crippen LogP contribution in [0, 0.1) is 5.82 Å². The SMILES string of the molecule is O=C(c1ccc2[nH]c3c(c2c1)CCCc1cn[nH]c1-3)N1CCC(O)(Cc2ccc(F)cc2)CC1. The molecule has 2 aromatic heterocycles. The Bertz CT molecular complexity index is 1360. The minimum absolute atomic E-state index is 0.00321. The molecule has 6 nitrogen and oxygen atoms in total. The molecule has 1 saturated heterocycles. The fraction of sp³-hybridized carbons (Fsp3) is 0.333. The molecule has 0 spiro atoms. The van der Waals surface area contributed by atoms with Crippen molar-refractivity contribution in [2.24, 2.45) is 0 Å². The lowest BCUT2D eigenvalue weighted by Gasteiger charge is -2.38. The van der Waals surface area contributed by atoms with Crippen LogP contribution >= 0.6 is 0 Å². The highest BCUT2D eigenvalue weighted by Gasteiger charge is 2.34. The van der Waals surface area contributed by atoms with E-state index in [0.29, 0.717) is 37.9 Å². The predicted molar refractivity (Wildman–Crippen MR) is 128 cm³/mol. The molecule has 3 heterocycles. The predicted octanol–water partition coefficient (Wildman–Crippen LogP) is 4.40. The van der Waals surface area contributed by atoms with Crippen molar-refractivity contribution in [3.8, 4) is 11.4 Å². The van der Waals surface area contributed by atoms with Gasteiger partial charge in [-0.3, -0.25) is 9.89 Å². The van der Waals surface area contributed by atoms with E-state index in [1.807, 2.05) is 29.3 Å². The van der Waals surface area contributed by atoms with Gasteiger partial charge in [-0.2, -0.15) is 5.10 Å². The van der Waals surface area contributed by atoms with Crippen LogP contribution in [0.3, 0.4) is 0 Å². The Kier molecular flexibility index (Phi) is 5.03. The van der Waals surface area contributed by atoms with Crippen LogP contribution in [0.2, 0.25) is 0 Å². The number of amides is 1. The molecule has 0 atom stereocenters. The molecule has 0 saturated carbocycles. The van der Waals surface area contributed by atoms with Crippen LogP contribution in [-0.4, -0.2) is 49.8 Å². The molecule has 34 heavy (non-hydrogen) atoms. The molecule has 1 aliphatic heterocycles. The number of aliphatic hydroxyl groups is 1. The normalized spacial score (nSPS) is 17.3. The Morgan fingerprint density at radius 1 is 1.09 bits per heavy atom. The number of H-pyrrole nitrogens is 2. The van der Waals surface area contributed by atoms with Crippen LogP contribution in [0.5, 0.6) is 0 Å². The van der Waals surface area contributed by atoms with E-state index in [4.69, 9.17) is 0 Å². The maximum Gasteiger partial charge on any atom is 0.253 e. The molecule has 3 N–H and O–H groups in total. The monoisotopic (exact) mass is 458 g/mol. The van der Waals surface area contributed by atoms with Gasteiger partial charge in [0.2, 0.25) is 0 Å². The molecule has 2 aliphatic rings. The zero-order chi connectivity index (χ0) is 23.3. The Morgan fingerprint density at radius 2 is 1.88 bits per heavy atom. The number of likely N-dealkylation sites (tertiary alicyclic amines) is 1. The van der Waals surface area contributed by atoms with Crippen LogP contribution in [0.4, 0.5) is 4.39 Å². The number of aromatic amines is 2. The number of fused-ring (bicyclic) bond motifs is 5. The van der Waals surface area contributed by atoms with Gasteiger partial charge < -0.3 is 15.0 Å². The first-order valence-corrected chi connectivity index (χ1v) is 11.9. The Hall–Kier alpha value is -3.45. The molecular weight excluding hydrogens is 431 g/mol. The summed E-state index contributed by atoms with van der Waals surface area (Å²) in [6.45, 7) is 0.995. The number of rotatable bonds is 3. The molecule has 6 rings (SSSR count). The Morgan fingerprint density at radius 3 is 2.68 bits per heavy atom. The lowest BCUT2D eigenvalue weighted by atomic mass is 9.85. The van der Waals surface area contributed by atoms with Crippen molar-refractivity contribution < 1.29 is 14.3 Å². The van der Waals surface area contributed by atoms with E-state index in [1.54, 1.807) is 12.1 Å². The third-order valence-corrected chi connectivity index (χ3v) is 7.42. The summed E-state index contributed by atoms with van der Waals surface area (Å²) in [6.07, 6.45) is 6.36. The number of hydrogen-bond donors (Lipinski definition) is 3. The zero-order valence-corrected chi connectivity index (χ0v) is 18.9. The van der Waals surface area contributed by atoms with Crippen molar-refractivity contribution >= 4 is 16.8 Å². The fourth-order valence-electron chi connectivity index (χ4n) is 5.49.